The first kappa shape index (κ1) is 19.2. The Hall–Kier alpha value is -1.84. The van der Waals surface area contributed by atoms with Gasteiger partial charge in [0, 0.05) is 12.1 Å². The number of benzene rings is 1. The molecule has 1 rings (SSSR count). The van der Waals surface area contributed by atoms with Crippen molar-refractivity contribution in [2.45, 2.75) is 71.6 Å². The SMILES string of the molecule is CCCCCCCCCCC(=O)NN=C(C)c1ccc(N)cc1. The van der Waals surface area contributed by atoms with Crippen LogP contribution in [0.1, 0.15) is 77.2 Å². The van der Waals surface area contributed by atoms with Gasteiger partial charge in [0.2, 0.25) is 5.91 Å². The molecule has 0 unspecified atom stereocenters. The zero-order chi connectivity index (χ0) is 16.9. The number of hydrazone groups is 1. The third kappa shape index (κ3) is 9.01. The second kappa shape index (κ2) is 11.7. The molecule has 0 saturated heterocycles. The molecule has 0 aliphatic rings. The van der Waals surface area contributed by atoms with Crippen molar-refractivity contribution in [1.82, 2.24) is 5.43 Å². The Morgan fingerprint density at radius 3 is 2.17 bits per heavy atom. The summed E-state index contributed by atoms with van der Waals surface area (Å²) in [5.41, 5.74) is 10.8. The molecule has 0 aliphatic heterocycles. The first-order valence-electron chi connectivity index (χ1n) is 8.82. The molecule has 1 aromatic carbocycles. The summed E-state index contributed by atoms with van der Waals surface area (Å²) >= 11 is 0. The molecule has 1 aromatic rings. The van der Waals surface area contributed by atoms with Gasteiger partial charge >= 0.3 is 0 Å². The second-order valence-corrected chi connectivity index (χ2v) is 6.08. The number of rotatable bonds is 11. The smallest absolute Gasteiger partial charge is 0.240 e. The molecule has 0 heterocycles. The van der Waals surface area contributed by atoms with E-state index < -0.39 is 0 Å². The van der Waals surface area contributed by atoms with Gasteiger partial charge in [0.15, 0.2) is 0 Å². The van der Waals surface area contributed by atoms with Crippen molar-refractivity contribution in [1.29, 1.82) is 0 Å². The van der Waals surface area contributed by atoms with Gasteiger partial charge in [-0.25, -0.2) is 5.43 Å². The highest BCUT2D eigenvalue weighted by Gasteiger charge is 2.01. The van der Waals surface area contributed by atoms with Crippen LogP contribution in [0.25, 0.3) is 0 Å². The quantitative estimate of drug-likeness (QED) is 0.270. The summed E-state index contributed by atoms with van der Waals surface area (Å²) in [6.45, 7) is 4.11. The molecule has 128 valence electrons. The highest BCUT2D eigenvalue weighted by molar-refractivity contribution is 5.99. The van der Waals surface area contributed by atoms with Crippen molar-refractivity contribution in [3.8, 4) is 0 Å². The average Bonchev–Trinajstić information content (AvgIpc) is 2.55. The van der Waals surface area contributed by atoms with Crippen molar-refractivity contribution in [2.75, 3.05) is 5.73 Å². The number of unbranched alkanes of at least 4 members (excludes halogenated alkanes) is 7. The highest BCUT2D eigenvalue weighted by Crippen LogP contribution is 2.09. The number of anilines is 1. The summed E-state index contributed by atoms with van der Waals surface area (Å²) in [4.78, 5) is 11.8. The van der Waals surface area contributed by atoms with Gasteiger partial charge in [-0.3, -0.25) is 4.79 Å². The number of nitrogen functional groups attached to an aromatic ring is 1. The number of nitrogens with zero attached hydrogens (tertiary/aromatic N) is 1. The van der Waals surface area contributed by atoms with E-state index in [4.69, 9.17) is 5.73 Å². The van der Waals surface area contributed by atoms with Gasteiger partial charge in [-0.15, -0.1) is 0 Å². The average molecular weight is 317 g/mol. The van der Waals surface area contributed by atoms with Crippen molar-refractivity contribution >= 4 is 17.3 Å². The maximum absolute atomic E-state index is 11.8. The minimum atomic E-state index is -0.00854. The minimum Gasteiger partial charge on any atom is -0.399 e. The van der Waals surface area contributed by atoms with E-state index in [-0.39, 0.29) is 5.91 Å². The van der Waals surface area contributed by atoms with Gasteiger partial charge in [0.1, 0.15) is 0 Å². The van der Waals surface area contributed by atoms with Crippen LogP contribution in [0, 0.1) is 0 Å². The molecule has 4 heteroatoms. The van der Waals surface area contributed by atoms with E-state index in [1.165, 1.54) is 38.5 Å². The maximum Gasteiger partial charge on any atom is 0.240 e. The first-order chi connectivity index (χ1) is 11.1. The van der Waals surface area contributed by atoms with Crippen LogP contribution in [0.4, 0.5) is 5.69 Å². The van der Waals surface area contributed by atoms with E-state index in [2.05, 4.69) is 17.5 Å². The van der Waals surface area contributed by atoms with Crippen LogP contribution in [0.2, 0.25) is 0 Å². The van der Waals surface area contributed by atoms with Gasteiger partial charge in [0.25, 0.3) is 0 Å². The summed E-state index contributed by atoms with van der Waals surface area (Å²) < 4.78 is 0. The van der Waals surface area contributed by atoms with E-state index in [1.807, 2.05) is 31.2 Å². The fraction of sp³-hybridized carbons (Fsp3) is 0.579. The fourth-order valence-electron chi connectivity index (χ4n) is 2.41. The molecule has 23 heavy (non-hydrogen) atoms. The Morgan fingerprint density at radius 2 is 1.57 bits per heavy atom. The van der Waals surface area contributed by atoms with Crippen molar-refractivity contribution in [3.05, 3.63) is 29.8 Å². The number of hydrogen-bond acceptors (Lipinski definition) is 3. The van der Waals surface area contributed by atoms with Crippen LogP contribution in [-0.4, -0.2) is 11.6 Å². The Bertz CT molecular complexity index is 480. The number of carbonyl (C=O) groups excluding carboxylic acids is 1. The Kier molecular flexibility index (Phi) is 9.76. The van der Waals surface area contributed by atoms with Crippen LogP contribution in [0.5, 0.6) is 0 Å². The number of nitrogens with one attached hydrogen (secondary N) is 1. The monoisotopic (exact) mass is 317 g/mol. The van der Waals surface area contributed by atoms with Gasteiger partial charge in [-0.05, 0) is 31.0 Å². The zero-order valence-electron chi connectivity index (χ0n) is 14.6. The van der Waals surface area contributed by atoms with Gasteiger partial charge in [-0.2, -0.15) is 5.10 Å². The topological polar surface area (TPSA) is 67.5 Å². The van der Waals surface area contributed by atoms with Gasteiger partial charge in [-0.1, -0.05) is 64.0 Å². The van der Waals surface area contributed by atoms with Crippen LogP contribution in [0.3, 0.4) is 0 Å². The number of carbonyl (C=O) groups is 1. The van der Waals surface area contributed by atoms with Crippen molar-refractivity contribution in [3.63, 3.8) is 0 Å². The lowest BCUT2D eigenvalue weighted by Crippen LogP contribution is -2.18. The molecule has 4 nitrogen and oxygen atoms in total. The van der Waals surface area contributed by atoms with E-state index >= 15 is 0 Å². The largest absolute Gasteiger partial charge is 0.399 e. The predicted octanol–water partition coefficient (Wildman–Crippen LogP) is 4.64. The van der Waals surface area contributed by atoms with Crippen LogP contribution in [0.15, 0.2) is 29.4 Å². The van der Waals surface area contributed by atoms with Crippen LogP contribution in [-0.2, 0) is 4.79 Å². The van der Waals surface area contributed by atoms with Crippen LogP contribution >= 0.6 is 0 Å². The van der Waals surface area contributed by atoms with Gasteiger partial charge in [0.05, 0.1) is 5.71 Å². The summed E-state index contributed by atoms with van der Waals surface area (Å²) in [5.74, 6) is -0.00854. The Labute approximate surface area is 140 Å². The molecule has 0 radical (unpaired) electrons. The predicted molar refractivity (Wildman–Crippen MR) is 98.4 cm³/mol. The van der Waals surface area contributed by atoms with Crippen molar-refractivity contribution < 1.29 is 4.79 Å². The molecule has 0 saturated carbocycles. The molecule has 0 atom stereocenters. The normalized spacial score (nSPS) is 11.5. The zero-order valence-corrected chi connectivity index (χ0v) is 14.6. The fourth-order valence-corrected chi connectivity index (χ4v) is 2.41. The number of hydrogen-bond donors (Lipinski definition) is 2. The third-order valence-corrected chi connectivity index (χ3v) is 3.93. The maximum atomic E-state index is 11.8. The summed E-state index contributed by atoms with van der Waals surface area (Å²) in [6.07, 6.45) is 10.4. The van der Waals surface area contributed by atoms with Crippen LogP contribution < -0.4 is 11.2 Å². The molecule has 0 fully saturated rings. The minimum absolute atomic E-state index is 0.00854. The molecule has 3 N–H and O–H groups in total. The highest BCUT2D eigenvalue weighted by atomic mass is 16.2. The molecule has 0 aliphatic carbocycles. The molecular formula is C19H31N3O. The lowest BCUT2D eigenvalue weighted by atomic mass is 10.1. The number of amides is 1. The lowest BCUT2D eigenvalue weighted by Gasteiger charge is -2.04. The second-order valence-electron chi connectivity index (χ2n) is 6.08. The summed E-state index contributed by atoms with van der Waals surface area (Å²) in [6, 6.07) is 7.46. The third-order valence-electron chi connectivity index (χ3n) is 3.93. The molecule has 0 bridgehead atoms. The van der Waals surface area contributed by atoms with Crippen molar-refractivity contribution in [2.24, 2.45) is 5.10 Å². The summed E-state index contributed by atoms with van der Waals surface area (Å²) in [7, 11) is 0. The van der Waals surface area contributed by atoms with E-state index in [1.54, 1.807) is 0 Å². The standard InChI is InChI=1S/C19H31N3O/c1-3-4-5-6-7-8-9-10-11-19(23)22-21-16(2)17-12-14-18(20)15-13-17/h12-15H,3-11,20H2,1-2H3,(H,22,23). The van der Waals surface area contributed by atoms with E-state index in [0.717, 1.165) is 29.8 Å². The Balaban J connectivity index is 2.14. The number of nitrogens with two attached hydrogens (primary N) is 1. The first-order valence-corrected chi connectivity index (χ1v) is 8.82. The van der Waals surface area contributed by atoms with E-state index in [0.29, 0.717) is 6.42 Å². The lowest BCUT2D eigenvalue weighted by molar-refractivity contribution is -0.121. The molecule has 1 amide bonds. The molecular weight excluding hydrogens is 286 g/mol. The Morgan fingerprint density at radius 1 is 1.00 bits per heavy atom. The molecule has 0 aromatic heterocycles. The van der Waals surface area contributed by atoms with E-state index in [9.17, 15) is 4.79 Å². The van der Waals surface area contributed by atoms with Gasteiger partial charge < -0.3 is 5.73 Å². The summed E-state index contributed by atoms with van der Waals surface area (Å²) in [5, 5.41) is 4.15. The molecule has 0 spiro atoms.